The van der Waals surface area contributed by atoms with Gasteiger partial charge in [0, 0.05) is 22.1 Å². The average molecular weight is 495 g/mol. The molecule has 2 heterocycles. The molecule has 0 saturated carbocycles. The van der Waals surface area contributed by atoms with Gasteiger partial charge in [-0.05, 0) is 23.1 Å². The highest BCUT2D eigenvalue weighted by Gasteiger charge is 2.21. The molecule has 5 heteroatoms. The lowest BCUT2D eigenvalue weighted by Crippen LogP contribution is -2.35. The molecule has 0 atom stereocenters. The monoisotopic (exact) mass is 494 g/mol. The standard InChI is InChI=1S/C32H22N4S/c1-4-10-22(11-5-1)29-34-30(23-12-6-2-7-13-23)36-31(35-29)25-17-16-21-18-19-27-28(26(21)20-25)37-32(33-27)24-14-8-3-9-15-24/h1-20,31H,(H,34,35,36). The number of benzene rings is 5. The maximum atomic E-state index is 5.04. The van der Waals surface area contributed by atoms with Crippen molar-refractivity contribution in [3.05, 3.63) is 138 Å². The number of thiazole rings is 1. The largest absolute Gasteiger partial charge is 0.324 e. The Morgan fingerprint density at radius 1 is 0.595 bits per heavy atom. The molecule has 0 bridgehead atoms. The van der Waals surface area contributed by atoms with E-state index >= 15 is 0 Å². The second-order valence-corrected chi connectivity index (χ2v) is 9.96. The Morgan fingerprint density at radius 3 is 1.78 bits per heavy atom. The summed E-state index contributed by atoms with van der Waals surface area (Å²) in [5.74, 6) is 1.64. The SMILES string of the molecule is c1ccc(C2=NC(c3ccc4ccc5nc(-c6ccccc6)sc5c4c3)N=C(c3ccccc3)N2)cc1. The molecule has 0 radical (unpaired) electrons. The lowest BCUT2D eigenvalue weighted by Gasteiger charge is -2.22. The van der Waals surface area contributed by atoms with E-state index in [2.05, 4.69) is 84.2 Å². The highest BCUT2D eigenvalue weighted by atomic mass is 32.1. The van der Waals surface area contributed by atoms with Crippen LogP contribution in [0.15, 0.2) is 131 Å². The van der Waals surface area contributed by atoms with Crippen molar-refractivity contribution in [2.75, 3.05) is 0 Å². The summed E-state index contributed by atoms with van der Waals surface area (Å²) in [4.78, 5) is 15.0. The van der Waals surface area contributed by atoms with Gasteiger partial charge in [0.15, 0.2) is 6.17 Å². The van der Waals surface area contributed by atoms with E-state index in [0.29, 0.717) is 0 Å². The van der Waals surface area contributed by atoms with Crippen molar-refractivity contribution >= 4 is 44.0 Å². The molecule has 7 rings (SSSR count). The number of nitrogens with one attached hydrogen (secondary N) is 1. The van der Waals surface area contributed by atoms with E-state index in [-0.39, 0.29) is 6.17 Å². The van der Waals surface area contributed by atoms with E-state index in [4.69, 9.17) is 15.0 Å². The lowest BCUT2D eigenvalue weighted by molar-refractivity contribution is 0.757. The van der Waals surface area contributed by atoms with E-state index in [1.807, 2.05) is 42.5 Å². The first kappa shape index (κ1) is 21.7. The Hall–Kier alpha value is -4.61. The van der Waals surface area contributed by atoms with Gasteiger partial charge in [0.1, 0.15) is 16.7 Å². The fraction of sp³-hybridized carbons (Fsp3) is 0.0312. The number of hydrogen-bond donors (Lipinski definition) is 1. The van der Waals surface area contributed by atoms with Crippen molar-refractivity contribution in [2.45, 2.75) is 6.17 Å². The van der Waals surface area contributed by atoms with Crippen LogP contribution in [-0.4, -0.2) is 16.7 Å². The maximum Gasteiger partial charge on any atom is 0.169 e. The van der Waals surface area contributed by atoms with Gasteiger partial charge < -0.3 is 5.32 Å². The number of aromatic nitrogens is 1. The van der Waals surface area contributed by atoms with E-state index in [9.17, 15) is 0 Å². The third kappa shape index (κ3) is 4.09. The Morgan fingerprint density at radius 2 is 1.16 bits per heavy atom. The van der Waals surface area contributed by atoms with Gasteiger partial charge in [-0.25, -0.2) is 15.0 Å². The molecule has 0 aliphatic carbocycles. The third-order valence-electron chi connectivity index (χ3n) is 6.55. The summed E-state index contributed by atoms with van der Waals surface area (Å²) in [7, 11) is 0. The van der Waals surface area contributed by atoms with Crippen LogP contribution in [0.5, 0.6) is 0 Å². The first-order valence-corrected chi connectivity index (χ1v) is 13.1. The minimum absolute atomic E-state index is 0.354. The molecule has 6 aromatic rings. The van der Waals surface area contributed by atoms with Crippen LogP contribution in [0, 0.1) is 0 Å². The zero-order valence-corrected chi connectivity index (χ0v) is 20.7. The molecule has 0 unspecified atom stereocenters. The van der Waals surface area contributed by atoms with Crippen LogP contribution < -0.4 is 5.32 Å². The third-order valence-corrected chi connectivity index (χ3v) is 7.70. The van der Waals surface area contributed by atoms with E-state index in [1.165, 1.54) is 15.5 Å². The van der Waals surface area contributed by atoms with Crippen LogP contribution in [0.2, 0.25) is 0 Å². The van der Waals surface area contributed by atoms with Crippen molar-refractivity contribution < 1.29 is 0 Å². The second-order valence-electron chi connectivity index (χ2n) is 8.97. The first-order chi connectivity index (χ1) is 18.3. The fourth-order valence-electron chi connectivity index (χ4n) is 4.67. The molecule has 0 saturated heterocycles. The minimum Gasteiger partial charge on any atom is -0.324 e. The molecule has 1 aromatic heterocycles. The van der Waals surface area contributed by atoms with Crippen molar-refractivity contribution in [2.24, 2.45) is 9.98 Å². The van der Waals surface area contributed by atoms with E-state index < -0.39 is 0 Å². The molecular formula is C32H22N4S. The van der Waals surface area contributed by atoms with Crippen LogP contribution in [0.1, 0.15) is 22.9 Å². The van der Waals surface area contributed by atoms with Gasteiger partial charge in [0.25, 0.3) is 0 Å². The van der Waals surface area contributed by atoms with Gasteiger partial charge in [-0.3, -0.25) is 0 Å². The van der Waals surface area contributed by atoms with Crippen LogP contribution in [0.4, 0.5) is 0 Å². The molecule has 5 aromatic carbocycles. The summed E-state index contributed by atoms with van der Waals surface area (Å²) < 4.78 is 1.19. The minimum atomic E-state index is -0.354. The molecule has 1 N–H and O–H groups in total. The lowest BCUT2D eigenvalue weighted by atomic mass is 10.0. The topological polar surface area (TPSA) is 49.6 Å². The highest BCUT2D eigenvalue weighted by molar-refractivity contribution is 7.22. The van der Waals surface area contributed by atoms with Gasteiger partial charge >= 0.3 is 0 Å². The van der Waals surface area contributed by atoms with Crippen LogP contribution >= 0.6 is 11.3 Å². The Kier molecular flexibility index (Phi) is 5.34. The molecule has 4 nitrogen and oxygen atoms in total. The second kappa shape index (κ2) is 9.12. The number of nitrogens with zero attached hydrogens (tertiary/aromatic N) is 3. The first-order valence-electron chi connectivity index (χ1n) is 12.2. The molecule has 0 amide bonds. The van der Waals surface area contributed by atoms with Crippen molar-refractivity contribution in [1.82, 2.24) is 10.3 Å². The Balaban J connectivity index is 1.37. The Bertz CT molecular complexity index is 1730. The number of fused-ring (bicyclic) bond motifs is 3. The number of amidine groups is 2. The quantitative estimate of drug-likeness (QED) is 0.274. The van der Waals surface area contributed by atoms with Gasteiger partial charge in [-0.2, -0.15) is 0 Å². The summed E-state index contributed by atoms with van der Waals surface area (Å²) in [5, 5.41) is 6.87. The van der Waals surface area contributed by atoms with Crippen molar-refractivity contribution in [1.29, 1.82) is 0 Å². The van der Waals surface area contributed by atoms with Gasteiger partial charge in [0.05, 0.1) is 10.2 Å². The predicted molar refractivity (Wildman–Crippen MR) is 154 cm³/mol. The molecule has 0 fully saturated rings. The molecule has 1 aliphatic heterocycles. The van der Waals surface area contributed by atoms with Crippen molar-refractivity contribution in [3.63, 3.8) is 0 Å². The summed E-state index contributed by atoms with van der Waals surface area (Å²) in [6.07, 6.45) is -0.354. The molecule has 1 aliphatic rings. The van der Waals surface area contributed by atoms with Crippen LogP contribution in [0.25, 0.3) is 31.6 Å². The highest BCUT2D eigenvalue weighted by Crippen LogP contribution is 2.37. The molecule has 176 valence electrons. The Labute approximate surface area is 218 Å². The summed E-state index contributed by atoms with van der Waals surface area (Å²) in [5.41, 5.74) is 5.28. The van der Waals surface area contributed by atoms with Gasteiger partial charge in [-0.1, -0.05) is 109 Å². The average Bonchev–Trinajstić information content (AvgIpc) is 3.43. The number of hydrogen-bond acceptors (Lipinski definition) is 5. The fourth-order valence-corrected chi connectivity index (χ4v) is 5.77. The molecule has 0 spiro atoms. The zero-order valence-electron chi connectivity index (χ0n) is 19.9. The van der Waals surface area contributed by atoms with Gasteiger partial charge in [-0.15, -0.1) is 11.3 Å². The van der Waals surface area contributed by atoms with Crippen LogP contribution in [0.3, 0.4) is 0 Å². The van der Waals surface area contributed by atoms with E-state index in [1.54, 1.807) is 11.3 Å². The van der Waals surface area contributed by atoms with Crippen molar-refractivity contribution in [3.8, 4) is 10.6 Å². The summed E-state index contributed by atoms with van der Waals surface area (Å²) in [6, 6.07) is 41.6. The number of aliphatic imine (C=N–C) groups is 2. The van der Waals surface area contributed by atoms with Gasteiger partial charge in [0.2, 0.25) is 0 Å². The molecular weight excluding hydrogens is 472 g/mol. The van der Waals surface area contributed by atoms with Crippen LogP contribution in [-0.2, 0) is 0 Å². The number of rotatable bonds is 4. The summed E-state index contributed by atoms with van der Waals surface area (Å²) in [6.45, 7) is 0. The zero-order chi connectivity index (χ0) is 24.6. The summed E-state index contributed by atoms with van der Waals surface area (Å²) >= 11 is 1.73. The van der Waals surface area contributed by atoms with E-state index in [0.717, 1.165) is 44.4 Å². The smallest absolute Gasteiger partial charge is 0.169 e. The maximum absolute atomic E-state index is 5.04. The predicted octanol–water partition coefficient (Wildman–Crippen LogP) is 7.61. The normalized spacial score (nSPS) is 13.8. The molecule has 37 heavy (non-hydrogen) atoms.